The van der Waals surface area contributed by atoms with E-state index in [0.29, 0.717) is 6.04 Å². The third kappa shape index (κ3) is 4.23. The Labute approximate surface area is 133 Å². The summed E-state index contributed by atoms with van der Waals surface area (Å²) in [6, 6.07) is 11.3. The molecule has 4 nitrogen and oxygen atoms in total. The normalized spacial score (nSPS) is 20.8. The van der Waals surface area contributed by atoms with Gasteiger partial charge in [-0.2, -0.15) is 0 Å². The first-order valence-electron chi connectivity index (χ1n) is 8.72. The van der Waals surface area contributed by atoms with Gasteiger partial charge in [-0.3, -0.25) is 0 Å². The third-order valence-corrected chi connectivity index (χ3v) is 5.04. The average molecular weight is 302 g/mol. The second-order valence-electron chi connectivity index (χ2n) is 6.71. The maximum atomic E-state index is 12.3. The van der Waals surface area contributed by atoms with Gasteiger partial charge in [-0.05, 0) is 30.7 Å². The minimum atomic E-state index is 0.157. The number of hydrogen-bond acceptors (Lipinski definition) is 1. The van der Waals surface area contributed by atoms with Crippen molar-refractivity contribution in [2.75, 3.05) is 26.2 Å². The molecule has 2 amide bonds. The maximum Gasteiger partial charge on any atom is 0.317 e. The van der Waals surface area contributed by atoms with E-state index < -0.39 is 0 Å². The summed E-state index contributed by atoms with van der Waals surface area (Å²) in [5, 5.41) is 5.55. The van der Waals surface area contributed by atoms with Crippen molar-refractivity contribution in [2.24, 2.45) is 5.92 Å². The first kappa shape index (κ1) is 15.3. The van der Waals surface area contributed by atoms with Crippen LogP contribution < -0.4 is 10.6 Å². The van der Waals surface area contributed by atoms with Crippen LogP contribution in [0.25, 0.3) is 0 Å². The molecule has 2 fully saturated rings. The fraction of sp³-hybridized carbons (Fsp3) is 0.611. The van der Waals surface area contributed by atoms with E-state index in [0.717, 1.165) is 64.2 Å². The fourth-order valence-electron chi connectivity index (χ4n) is 3.62. The summed E-state index contributed by atoms with van der Waals surface area (Å²) >= 11 is 0. The zero-order chi connectivity index (χ0) is 15.2. The van der Waals surface area contributed by atoms with Crippen LogP contribution in [0.3, 0.4) is 0 Å². The lowest BCUT2D eigenvalue weighted by Crippen LogP contribution is -2.87. The molecule has 22 heavy (non-hydrogen) atoms. The summed E-state index contributed by atoms with van der Waals surface area (Å²) in [5.74, 6) is 0.718. The van der Waals surface area contributed by atoms with Crippen molar-refractivity contribution in [3.63, 3.8) is 0 Å². The summed E-state index contributed by atoms with van der Waals surface area (Å²) in [4.78, 5) is 14.3. The topological polar surface area (TPSA) is 49.0 Å². The number of piperidine rings is 2. The molecule has 0 atom stereocenters. The van der Waals surface area contributed by atoms with Crippen LogP contribution in [-0.4, -0.2) is 43.2 Å². The Kier molecular flexibility index (Phi) is 5.33. The van der Waals surface area contributed by atoms with E-state index in [-0.39, 0.29) is 6.03 Å². The third-order valence-electron chi connectivity index (χ3n) is 5.04. The number of carbonyl (C=O) groups is 1. The summed E-state index contributed by atoms with van der Waals surface area (Å²) in [5.41, 5.74) is 1.42. The lowest BCUT2D eigenvalue weighted by Gasteiger charge is -2.33. The molecule has 1 aromatic carbocycles. The fourth-order valence-corrected chi connectivity index (χ4v) is 3.62. The number of hydrogen-bond donors (Lipinski definition) is 2. The molecule has 0 unspecified atom stereocenters. The number of benzene rings is 1. The number of likely N-dealkylation sites (tertiary alicyclic amines) is 1. The number of quaternary nitrogens is 1. The first-order valence-corrected chi connectivity index (χ1v) is 8.72. The van der Waals surface area contributed by atoms with Crippen LogP contribution >= 0.6 is 0 Å². The molecule has 1 aromatic rings. The Hall–Kier alpha value is -1.55. The first-order chi connectivity index (χ1) is 10.8. The molecular weight excluding hydrogens is 274 g/mol. The van der Waals surface area contributed by atoms with E-state index >= 15 is 0 Å². The van der Waals surface area contributed by atoms with Crippen molar-refractivity contribution in [1.29, 1.82) is 0 Å². The van der Waals surface area contributed by atoms with Crippen LogP contribution in [-0.2, 0) is 6.42 Å². The van der Waals surface area contributed by atoms with Crippen molar-refractivity contribution >= 4 is 6.03 Å². The summed E-state index contributed by atoms with van der Waals surface area (Å²) in [6.07, 6.45) is 5.61. The second-order valence-corrected chi connectivity index (χ2v) is 6.71. The van der Waals surface area contributed by atoms with Gasteiger partial charge < -0.3 is 15.5 Å². The molecule has 0 spiro atoms. The van der Waals surface area contributed by atoms with Gasteiger partial charge >= 0.3 is 6.03 Å². The molecule has 0 aliphatic carbocycles. The van der Waals surface area contributed by atoms with Gasteiger partial charge in [0.1, 0.15) is 0 Å². The molecule has 3 N–H and O–H groups in total. The van der Waals surface area contributed by atoms with Crippen molar-refractivity contribution in [3.8, 4) is 0 Å². The Balaban J connectivity index is 1.42. The Bertz CT molecular complexity index is 462. The number of carbonyl (C=O) groups excluding carboxylic acids is 1. The zero-order valence-corrected chi connectivity index (χ0v) is 13.3. The van der Waals surface area contributed by atoms with Gasteiger partial charge in [0, 0.05) is 32.0 Å². The van der Waals surface area contributed by atoms with Gasteiger partial charge in [0.25, 0.3) is 0 Å². The molecule has 0 saturated carbocycles. The highest BCUT2D eigenvalue weighted by atomic mass is 16.2. The van der Waals surface area contributed by atoms with E-state index in [4.69, 9.17) is 0 Å². The number of rotatable bonds is 3. The number of nitrogens with zero attached hydrogens (tertiary/aromatic N) is 1. The largest absolute Gasteiger partial charge is 0.346 e. The summed E-state index contributed by atoms with van der Waals surface area (Å²) < 4.78 is 0. The second kappa shape index (κ2) is 7.63. The predicted molar refractivity (Wildman–Crippen MR) is 87.7 cm³/mol. The number of urea groups is 1. The van der Waals surface area contributed by atoms with Crippen LogP contribution in [0.2, 0.25) is 0 Å². The van der Waals surface area contributed by atoms with Gasteiger partial charge in [-0.1, -0.05) is 30.3 Å². The average Bonchev–Trinajstić information content (AvgIpc) is 2.57. The van der Waals surface area contributed by atoms with Crippen LogP contribution in [0, 0.1) is 5.92 Å². The molecule has 2 heterocycles. The predicted octanol–water partition coefficient (Wildman–Crippen LogP) is 1.38. The monoisotopic (exact) mass is 302 g/mol. The van der Waals surface area contributed by atoms with E-state index in [1.165, 1.54) is 5.56 Å². The Morgan fingerprint density at radius 1 is 1.09 bits per heavy atom. The molecule has 2 saturated heterocycles. The van der Waals surface area contributed by atoms with Crippen molar-refractivity contribution in [3.05, 3.63) is 35.9 Å². The molecule has 2 aliphatic rings. The summed E-state index contributed by atoms with van der Waals surface area (Å²) in [6.45, 7) is 4.10. The molecule has 0 aromatic heterocycles. The van der Waals surface area contributed by atoms with E-state index in [9.17, 15) is 4.79 Å². The zero-order valence-electron chi connectivity index (χ0n) is 13.3. The highest BCUT2D eigenvalue weighted by molar-refractivity contribution is 5.74. The molecule has 2 aliphatic heterocycles. The van der Waals surface area contributed by atoms with Crippen LogP contribution in [0.4, 0.5) is 4.79 Å². The highest BCUT2D eigenvalue weighted by Gasteiger charge is 2.25. The van der Waals surface area contributed by atoms with E-state index in [1.807, 2.05) is 4.90 Å². The van der Waals surface area contributed by atoms with Crippen molar-refractivity contribution in [2.45, 2.75) is 38.1 Å². The van der Waals surface area contributed by atoms with Crippen molar-refractivity contribution in [1.82, 2.24) is 10.2 Å². The van der Waals surface area contributed by atoms with Crippen LogP contribution in [0.1, 0.15) is 31.2 Å². The molecule has 4 heteroatoms. The summed E-state index contributed by atoms with van der Waals surface area (Å²) in [7, 11) is 0. The lowest BCUT2D eigenvalue weighted by atomic mass is 9.90. The van der Waals surface area contributed by atoms with Gasteiger partial charge in [-0.15, -0.1) is 0 Å². The molecular formula is C18H28N3O+. The van der Waals surface area contributed by atoms with Gasteiger partial charge in [0.2, 0.25) is 0 Å². The maximum absolute atomic E-state index is 12.3. The Morgan fingerprint density at radius 3 is 2.45 bits per heavy atom. The molecule has 120 valence electrons. The molecule has 0 bridgehead atoms. The minimum Gasteiger partial charge on any atom is -0.346 e. The van der Waals surface area contributed by atoms with E-state index in [1.54, 1.807) is 0 Å². The van der Waals surface area contributed by atoms with Gasteiger partial charge in [0.15, 0.2) is 0 Å². The number of amides is 2. The van der Waals surface area contributed by atoms with Crippen LogP contribution in [0.5, 0.6) is 0 Å². The van der Waals surface area contributed by atoms with Gasteiger partial charge in [-0.25, -0.2) is 4.79 Å². The molecule has 3 rings (SSSR count). The van der Waals surface area contributed by atoms with Crippen molar-refractivity contribution < 1.29 is 10.1 Å². The quantitative estimate of drug-likeness (QED) is 0.871. The standard InChI is InChI=1S/C18H27N3O/c22-18(20-17-6-10-19-11-7-17)21-12-8-16(9-13-21)14-15-4-2-1-3-5-15/h1-5,16-17,19H,6-14H2,(H,20,22)/p+1. The van der Waals surface area contributed by atoms with Crippen LogP contribution in [0.15, 0.2) is 30.3 Å². The number of nitrogens with two attached hydrogens (primary N) is 1. The highest BCUT2D eigenvalue weighted by Crippen LogP contribution is 2.21. The SMILES string of the molecule is O=C(NC1CC[NH2+]CC1)N1CCC(Cc2ccccc2)CC1. The lowest BCUT2D eigenvalue weighted by molar-refractivity contribution is -0.663. The molecule has 0 radical (unpaired) electrons. The smallest absolute Gasteiger partial charge is 0.317 e. The number of nitrogens with one attached hydrogen (secondary N) is 1. The van der Waals surface area contributed by atoms with Gasteiger partial charge in [0.05, 0.1) is 13.1 Å². The minimum absolute atomic E-state index is 0.157. The van der Waals surface area contributed by atoms with E-state index in [2.05, 4.69) is 41.0 Å². The Morgan fingerprint density at radius 2 is 1.77 bits per heavy atom.